The van der Waals surface area contributed by atoms with E-state index in [9.17, 15) is 10.6 Å². The Hall–Kier alpha value is -2.41. The van der Waals surface area contributed by atoms with Gasteiger partial charge in [0.1, 0.15) is 0 Å². The van der Waals surface area contributed by atoms with Crippen LogP contribution in [-0.4, -0.2) is 42.2 Å². The van der Waals surface area contributed by atoms with Crippen LogP contribution in [0, 0.1) is 17.8 Å². The summed E-state index contributed by atoms with van der Waals surface area (Å²) in [4.78, 5) is 3.14. The Kier molecular flexibility index (Phi) is 11.9. The molecule has 1 fully saturated rings. The highest BCUT2D eigenvalue weighted by molar-refractivity contribution is 5.14. The van der Waals surface area contributed by atoms with Crippen LogP contribution in [0.2, 0.25) is 0 Å². The molecule has 0 spiro atoms. The minimum Gasteiger partial charge on any atom is -0.396 e. The van der Waals surface area contributed by atoms with E-state index in [1.807, 2.05) is 60.7 Å². The Morgan fingerprint density at radius 3 is 2.03 bits per heavy atom. The van der Waals surface area contributed by atoms with Gasteiger partial charge in [-0.05, 0) is 47.8 Å². The molecular formula is C30H43N3O4. The number of ether oxygens (including phenoxy) is 3. The van der Waals surface area contributed by atoms with Gasteiger partial charge in [-0.15, -0.1) is 0 Å². The Labute approximate surface area is 221 Å². The number of nitrogens with zero attached hydrogens (tertiary/aromatic N) is 3. The number of benzene rings is 2. The van der Waals surface area contributed by atoms with Gasteiger partial charge >= 0.3 is 0 Å². The molecule has 2 aromatic carbocycles. The Bertz CT molecular complexity index is 954. The van der Waals surface area contributed by atoms with Crippen LogP contribution in [0.3, 0.4) is 0 Å². The topological polar surface area (TPSA) is 96.7 Å². The molecule has 1 aliphatic heterocycles. The highest BCUT2D eigenvalue weighted by Gasteiger charge is 2.43. The second kappa shape index (κ2) is 15.1. The summed E-state index contributed by atoms with van der Waals surface area (Å²) in [5.41, 5.74) is 11.4. The summed E-state index contributed by atoms with van der Waals surface area (Å²) >= 11 is 0. The second-order valence-electron chi connectivity index (χ2n) is 10.2. The average molecular weight is 510 g/mol. The van der Waals surface area contributed by atoms with E-state index in [1.165, 1.54) is 0 Å². The smallest absolute Gasteiger partial charge is 0.0892 e. The number of hydrogen-bond donors (Lipinski definition) is 1. The third kappa shape index (κ3) is 8.03. The van der Waals surface area contributed by atoms with Gasteiger partial charge in [0.05, 0.1) is 43.7 Å². The molecule has 37 heavy (non-hydrogen) atoms. The van der Waals surface area contributed by atoms with Crippen LogP contribution in [0.1, 0.15) is 58.1 Å². The van der Waals surface area contributed by atoms with Gasteiger partial charge in [0.15, 0.2) is 0 Å². The van der Waals surface area contributed by atoms with Crippen molar-refractivity contribution in [2.75, 3.05) is 6.61 Å². The summed E-state index contributed by atoms with van der Waals surface area (Å²) in [6, 6.07) is 19.8. The van der Waals surface area contributed by atoms with Crippen molar-refractivity contribution in [1.82, 2.24) is 0 Å². The van der Waals surface area contributed by atoms with Crippen LogP contribution in [0.25, 0.3) is 10.4 Å². The Morgan fingerprint density at radius 2 is 1.51 bits per heavy atom. The molecule has 0 amide bonds. The second-order valence-corrected chi connectivity index (χ2v) is 10.2. The molecule has 7 heteroatoms. The maximum absolute atomic E-state index is 10.6. The summed E-state index contributed by atoms with van der Waals surface area (Å²) < 4.78 is 19.4. The molecule has 0 aromatic heterocycles. The predicted octanol–water partition coefficient (Wildman–Crippen LogP) is 6.69. The zero-order valence-electron chi connectivity index (χ0n) is 22.6. The van der Waals surface area contributed by atoms with Gasteiger partial charge in [-0.1, -0.05) is 93.5 Å². The van der Waals surface area contributed by atoms with Crippen LogP contribution in [0.15, 0.2) is 65.8 Å². The van der Waals surface area contributed by atoms with E-state index in [0.29, 0.717) is 19.6 Å². The zero-order chi connectivity index (χ0) is 26.6. The van der Waals surface area contributed by atoms with E-state index < -0.39 is 0 Å². The van der Waals surface area contributed by atoms with E-state index in [2.05, 4.69) is 37.7 Å². The van der Waals surface area contributed by atoms with Gasteiger partial charge in [0.2, 0.25) is 0 Å². The minimum atomic E-state index is -0.357. The molecule has 0 saturated carbocycles. The molecule has 0 radical (unpaired) electrons. The molecule has 3 rings (SSSR count). The molecule has 1 saturated heterocycles. The van der Waals surface area contributed by atoms with E-state index in [0.717, 1.165) is 24.0 Å². The highest BCUT2D eigenvalue weighted by Crippen LogP contribution is 2.37. The van der Waals surface area contributed by atoms with Crippen LogP contribution in [-0.2, 0) is 27.4 Å². The van der Waals surface area contributed by atoms with Crippen LogP contribution in [0.4, 0.5) is 0 Å². The molecule has 202 valence electrons. The van der Waals surface area contributed by atoms with Gasteiger partial charge in [0, 0.05) is 17.4 Å². The van der Waals surface area contributed by atoms with Crippen molar-refractivity contribution in [3.8, 4) is 0 Å². The molecule has 7 nitrogen and oxygen atoms in total. The molecule has 2 unspecified atom stereocenters. The van der Waals surface area contributed by atoms with Gasteiger partial charge in [-0.3, -0.25) is 0 Å². The quantitative estimate of drug-likeness (QED) is 0.174. The fourth-order valence-corrected chi connectivity index (χ4v) is 5.47. The molecule has 1 aliphatic rings. The number of hydrogen-bond acceptors (Lipinski definition) is 5. The first-order chi connectivity index (χ1) is 18.0. The van der Waals surface area contributed by atoms with Crippen LogP contribution < -0.4 is 0 Å². The number of aliphatic hydroxyl groups is 1. The summed E-state index contributed by atoms with van der Waals surface area (Å²) in [5, 5.41) is 14.8. The lowest BCUT2D eigenvalue weighted by Gasteiger charge is -2.45. The SMILES string of the molecule is CCC1O[C@@H](C[C@H](CO)[C@@H](OCc2ccccc2)[C@H](CC)OCc2ccccc2)C(N=[N+]=[N-])[C@@H](C)[C@@H]1C. The third-order valence-corrected chi connectivity index (χ3v) is 7.87. The summed E-state index contributed by atoms with van der Waals surface area (Å²) in [6.45, 7) is 9.32. The molecule has 1 N–H and O–H groups in total. The molecule has 2 aromatic rings. The number of rotatable bonds is 14. The Morgan fingerprint density at radius 1 is 0.919 bits per heavy atom. The van der Waals surface area contributed by atoms with Gasteiger partial charge in [0.25, 0.3) is 0 Å². The van der Waals surface area contributed by atoms with E-state index in [1.54, 1.807) is 0 Å². The zero-order valence-corrected chi connectivity index (χ0v) is 22.6. The lowest BCUT2D eigenvalue weighted by Crippen LogP contribution is -2.50. The summed E-state index contributed by atoms with van der Waals surface area (Å²) in [5.74, 6) is 0.218. The lowest BCUT2D eigenvalue weighted by molar-refractivity contribution is -0.151. The summed E-state index contributed by atoms with van der Waals surface area (Å²) in [6.07, 6.45) is 1.37. The predicted molar refractivity (Wildman–Crippen MR) is 146 cm³/mol. The average Bonchev–Trinajstić information content (AvgIpc) is 2.94. The van der Waals surface area contributed by atoms with Crippen molar-refractivity contribution in [1.29, 1.82) is 0 Å². The number of aliphatic hydroxyl groups excluding tert-OH is 1. The Balaban J connectivity index is 1.83. The fraction of sp³-hybridized carbons (Fsp3) is 0.600. The first-order valence-electron chi connectivity index (χ1n) is 13.6. The molecule has 0 bridgehead atoms. The van der Waals surface area contributed by atoms with Crippen molar-refractivity contribution in [3.63, 3.8) is 0 Å². The first-order valence-corrected chi connectivity index (χ1v) is 13.6. The third-order valence-electron chi connectivity index (χ3n) is 7.87. The van der Waals surface area contributed by atoms with E-state index in [-0.39, 0.29) is 54.8 Å². The molecular weight excluding hydrogens is 466 g/mol. The first kappa shape index (κ1) is 29.2. The maximum atomic E-state index is 10.6. The van der Waals surface area contributed by atoms with Crippen LogP contribution in [0.5, 0.6) is 0 Å². The van der Waals surface area contributed by atoms with Crippen molar-refractivity contribution in [3.05, 3.63) is 82.2 Å². The van der Waals surface area contributed by atoms with Crippen molar-refractivity contribution in [2.24, 2.45) is 22.9 Å². The lowest BCUT2D eigenvalue weighted by atomic mass is 9.76. The van der Waals surface area contributed by atoms with Crippen molar-refractivity contribution in [2.45, 2.75) is 90.6 Å². The fourth-order valence-electron chi connectivity index (χ4n) is 5.47. The molecule has 8 atom stereocenters. The monoisotopic (exact) mass is 509 g/mol. The van der Waals surface area contributed by atoms with Gasteiger partial charge in [-0.25, -0.2) is 0 Å². The number of azide groups is 1. The largest absolute Gasteiger partial charge is 0.396 e. The molecule has 0 aliphatic carbocycles. The normalized spacial score (nSPS) is 26.1. The van der Waals surface area contributed by atoms with Crippen molar-refractivity contribution < 1.29 is 19.3 Å². The standard InChI is InChI=1S/C30H43N3O4/c1-5-26-21(3)22(4)29(32-33-31)28(37-26)17-25(18-34)30(36-20-24-15-11-8-12-16-24)27(6-2)35-19-23-13-9-7-10-14-23/h7-16,21-22,25-30,34H,5-6,17-20H2,1-4H3/t21-,22-,25+,26?,27-,28-,29?,30+/m0/s1. The summed E-state index contributed by atoms with van der Waals surface area (Å²) in [7, 11) is 0. The highest BCUT2D eigenvalue weighted by atomic mass is 16.5. The minimum absolute atomic E-state index is 0.0752. The molecule has 1 heterocycles. The van der Waals surface area contributed by atoms with Crippen molar-refractivity contribution >= 4 is 0 Å². The van der Waals surface area contributed by atoms with Crippen LogP contribution >= 0.6 is 0 Å². The van der Waals surface area contributed by atoms with Gasteiger partial charge < -0.3 is 19.3 Å². The van der Waals surface area contributed by atoms with Gasteiger partial charge in [-0.2, -0.15) is 0 Å². The van der Waals surface area contributed by atoms with E-state index >= 15 is 0 Å². The maximum Gasteiger partial charge on any atom is 0.0892 e. The van der Waals surface area contributed by atoms with E-state index in [4.69, 9.17) is 14.2 Å².